The number of fused-ring (bicyclic) bond motifs is 3. The van der Waals surface area contributed by atoms with E-state index < -0.39 is 5.60 Å². The fourth-order valence-electron chi connectivity index (χ4n) is 4.60. The van der Waals surface area contributed by atoms with Gasteiger partial charge in [0.05, 0.1) is 31.6 Å². The molecule has 0 saturated carbocycles. The zero-order chi connectivity index (χ0) is 20.7. The molecule has 8 heteroatoms. The van der Waals surface area contributed by atoms with E-state index >= 15 is 0 Å². The van der Waals surface area contributed by atoms with Crippen LogP contribution in [0.2, 0.25) is 5.02 Å². The SMILES string of the molecule is CSc1nc2c(c(N3CCCOCC3)n1)COC1(COC(C)c3ccc(Cl)cc31)C2. The summed E-state index contributed by atoms with van der Waals surface area (Å²) in [6, 6.07) is 6.01. The summed E-state index contributed by atoms with van der Waals surface area (Å²) in [7, 11) is 0. The van der Waals surface area contributed by atoms with Crippen LogP contribution in [0, 0.1) is 0 Å². The molecule has 3 aliphatic heterocycles. The molecule has 2 atom stereocenters. The predicted molar refractivity (Wildman–Crippen MR) is 117 cm³/mol. The summed E-state index contributed by atoms with van der Waals surface area (Å²) in [5, 5.41) is 1.51. The first-order chi connectivity index (χ1) is 14.6. The van der Waals surface area contributed by atoms with Gasteiger partial charge in [0.15, 0.2) is 5.16 Å². The van der Waals surface area contributed by atoms with Crippen molar-refractivity contribution in [2.24, 2.45) is 0 Å². The Kier molecular flexibility index (Phi) is 5.66. The lowest BCUT2D eigenvalue weighted by Gasteiger charge is -2.44. The van der Waals surface area contributed by atoms with E-state index in [0.29, 0.717) is 19.6 Å². The molecule has 0 amide bonds. The summed E-state index contributed by atoms with van der Waals surface area (Å²) in [5.41, 5.74) is 3.82. The van der Waals surface area contributed by atoms with Crippen LogP contribution in [-0.2, 0) is 32.8 Å². The van der Waals surface area contributed by atoms with Crippen molar-refractivity contribution in [1.29, 1.82) is 0 Å². The number of rotatable bonds is 2. The molecule has 1 spiro atoms. The summed E-state index contributed by atoms with van der Waals surface area (Å²) in [6.45, 7) is 6.31. The van der Waals surface area contributed by atoms with Crippen molar-refractivity contribution in [2.45, 2.75) is 43.2 Å². The molecule has 160 valence electrons. The Morgan fingerprint density at radius 1 is 1.23 bits per heavy atom. The third kappa shape index (κ3) is 3.60. The van der Waals surface area contributed by atoms with Crippen molar-refractivity contribution >= 4 is 29.2 Å². The van der Waals surface area contributed by atoms with Crippen LogP contribution in [0.5, 0.6) is 0 Å². The van der Waals surface area contributed by atoms with Crippen LogP contribution in [0.25, 0.3) is 0 Å². The minimum Gasteiger partial charge on any atom is -0.380 e. The standard InChI is InChI=1S/C22H26ClN3O3S/c1-14-16-5-4-15(23)10-18(16)22(13-28-14)11-19-17(12-29-22)20(25-21(24-19)30-2)26-6-3-8-27-9-7-26/h4-5,10,14H,3,6-9,11-13H2,1-2H3. The fraction of sp³-hybridized carbons (Fsp3) is 0.545. The van der Waals surface area contributed by atoms with Gasteiger partial charge in [-0.25, -0.2) is 9.97 Å². The van der Waals surface area contributed by atoms with Gasteiger partial charge in [-0.3, -0.25) is 0 Å². The summed E-state index contributed by atoms with van der Waals surface area (Å²) in [4.78, 5) is 12.1. The van der Waals surface area contributed by atoms with E-state index in [0.717, 1.165) is 71.1 Å². The average molecular weight is 448 g/mol. The molecule has 6 nitrogen and oxygen atoms in total. The maximum atomic E-state index is 6.57. The van der Waals surface area contributed by atoms with E-state index in [-0.39, 0.29) is 6.10 Å². The Hall–Kier alpha value is -1.38. The molecule has 0 bridgehead atoms. The summed E-state index contributed by atoms with van der Waals surface area (Å²) in [5.74, 6) is 0.987. The second kappa shape index (κ2) is 8.28. The van der Waals surface area contributed by atoms with Crippen molar-refractivity contribution in [2.75, 3.05) is 44.1 Å². The van der Waals surface area contributed by atoms with Crippen LogP contribution in [-0.4, -0.2) is 49.1 Å². The molecule has 30 heavy (non-hydrogen) atoms. The van der Waals surface area contributed by atoms with Crippen molar-refractivity contribution in [1.82, 2.24) is 9.97 Å². The highest BCUT2D eigenvalue weighted by Gasteiger charge is 2.45. The molecule has 2 unspecified atom stereocenters. The van der Waals surface area contributed by atoms with Gasteiger partial charge in [-0.05, 0) is 42.9 Å². The van der Waals surface area contributed by atoms with Gasteiger partial charge in [0.2, 0.25) is 0 Å². The number of anilines is 1. The van der Waals surface area contributed by atoms with Gasteiger partial charge in [0.1, 0.15) is 11.4 Å². The zero-order valence-corrected chi connectivity index (χ0v) is 18.9. The fourth-order valence-corrected chi connectivity index (χ4v) is 5.15. The van der Waals surface area contributed by atoms with E-state index in [1.807, 2.05) is 18.4 Å². The van der Waals surface area contributed by atoms with E-state index in [1.54, 1.807) is 11.8 Å². The topological polar surface area (TPSA) is 56.7 Å². The van der Waals surface area contributed by atoms with E-state index in [2.05, 4.69) is 17.9 Å². The van der Waals surface area contributed by atoms with Gasteiger partial charge in [0.25, 0.3) is 0 Å². The Morgan fingerprint density at radius 3 is 3.00 bits per heavy atom. The van der Waals surface area contributed by atoms with Gasteiger partial charge in [-0.1, -0.05) is 29.4 Å². The van der Waals surface area contributed by atoms with Crippen LogP contribution >= 0.6 is 23.4 Å². The second-order valence-corrected chi connectivity index (χ2v) is 9.27. The molecular formula is C22H26ClN3O3S. The molecule has 0 aliphatic carbocycles. The number of aromatic nitrogens is 2. The number of hydrogen-bond donors (Lipinski definition) is 0. The first-order valence-electron chi connectivity index (χ1n) is 10.4. The molecule has 1 aromatic heterocycles. The van der Waals surface area contributed by atoms with Crippen LogP contribution in [0.4, 0.5) is 5.82 Å². The number of ether oxygens (including phenoxy) is 3. The lowest BCUT2D eigenvalue weighted by molar-refractivity contribution is -0.148. The highest BCUT2D eigenvalue weighted by atomic mass is 35.5. The van der Waals surface area contributed by atoms with Gasteiger partial charge < -0.3 is 19.1 Å². The molecule has 0 N–H and O–H groups in total. The van der Waals surface area contributed by atoms with E-state index in [1.165, 1.54) is 0 Å². The second-order valence-electron chi connectivity index (χ2n) is 8.06. The summed E-state index contributed by atoms with van der Waals surface area (Å²) >= 11 is 7.95. The van der Waals surface area contributed by atoms with Crippen molar-refractivity contribution < 1.29 is 14.2 Å². The van der Waals surface area contributed by atoms with Gasteiger partial charge in [-0.2, -0.15) is 0 Å². The highest BCUT2D eigenvalue weighted by Crippen LogP contribution is 2.46. The monoisotopic (exact) mass is 447 g/mol. The van der Waals surface area contributed by atoms with Gasteiger partial charge in [-0.15, -0.1) is 0 Å². The summed E-state index contributed by atoms with van der Waals surface area (Å²) in [6.07, 6.45) is 3.69. The number of benzene rings is 1. The third-order valence-corrected chi connectivity index (χ3v) is 6.99. The molecule has 3 aliphatic rings. The molecule has 1 aromatic carbocycles. The minimum absolute atomic E-state index is 0.0210. The Morgan fingerprint density at radius 2 is 2.13 bits per heavy atom. The minimum atomic E-state index is -0.567. The average Bonchev–Trinajstić information content (AvgIpc) is 3.05. The molecule has 5 rings (SSSR count). The van der Waals surface area contributed by atoms with E-state index in [9.17, 15) is 0 Å². The number of hydrogen-bond acceptors (Lipinski definition) is 7. The normalized spacial score (nSPS) is 26.2. The number of halogens is 1. The van der Waals surface area contributed by atoms with Crippen molar-refractivity contribution in [3.8, 4) is 0 Å². The largest absolute Gasteiger partial charge is 0.380 e. The van der Waals surface area contributed by atoms with Crippen molar-refractivity contribution in [3.63, 3.8) is 0 Å². The molecule has 1 fully saturated rings. The van der Waals surface area contributed by atoms with E-state index in [4.69, 9.17) is 35.8 Å². The van der Waals surface area contributed by atoms with Crippen LogP contribution < -0.4 is 4.90 Å². The maximum Gasteiger partial charge on any atom is 0.189 e. The third-order valence-electron chi connectivity index (χ3n) is 6.21. The Bertz CT molecular complexity index is 951. The number of nitrogens with zero attached hydrogens (tertiary/aromatic N) is 3. The first kappa shape index (κ1) is 20.5. The quantitative estimate of drug-likeness (QED) is 0.506. The first-order valence-corrected chi connectivity index (χ1v) is 12.0. The molecule has 0 radical (unpaired) electrons. The van der Waals surface area contributed by atoms with Gasteiger partial charge in [0, 0.05) is 36.7 Å². The smallest absolute Gasteiger partial charge is 0.189 e. The van der Waals surface area contributed by atoms with Crippen LogP contribution in [0.1, 0.15) is 41.8 Å². The molecule has 1 saturated heterocycles. The molecule has 2 aromatic rings. The maximum absolute atomic E-state index is 6.57. The lowest BCUT2D eigenvalue weighted by atomic mass is 9.80. The van der Waals surface area contributed by atoms with Crippen LogP contribution in [0.15, 0.2) is 23.4 Å². The Labute approximate surface area is 186 Å². The van der Waals surface area contributed by atoms with Crippen LogP contribution in [0.3, 0.4) is 0 Å². The summed E-state index contributed by atoms with van der Waals surface area (Å²) < 4.78 is 18.3. The number of thioether (sulfide) groups is 1. The predicted octanol–water partition coefficient (Wildman–Crippen LogP) is 4.14. The van der Waals surface area contributed by atoms with Crippen molar-refractivity contribution in [3.05, 3.63) is 45.6 Å². The molecule has 4 heterocycles. The molecular weight excluding hydrogens is 422 g/mol. The highest BCUT2D eigenvalue weighted by molar-refractivity contribution is 7.98. The zero-order valence-electron chi connectivity index (χ0n) is 17.3. The Balaban J connectivity index is 1.57. The van der Waals surface area contributed by atoms with Gasteiger partial charge >= 0.3 is 0 Å². The lowest BCUT2D eigenvalue weighted by Crippen LogP contribution is -2.45.